The Bertz CT molecular complexity index is 759. The second kappa shape index (κ2) is 7.02. The summed E-state index contributed by atoms with van der Waals surface area (Å²) in [5, 5.41) is 10.7. The summed E-state index contributed by atoms with van der Waals surface area (Å²) in [4.78, 5) is 0. The highest BCUT2D eigenvalue weighted by atomic mass is 15.1. The Kier molecular flexibility index (Phi) is 4.43. The molecule has 24 heavy (non-hydrogen) atoms. The molecule has 0 unspecified atom stereocenters. The smallest absolute Gasteiger partial charge is 0.0490 e. The van der Waals surface area contributed by atoms with Gasteiger partial charge in [-0.1, -0.05) is 54.6 Å². The van der Waals surface area contributed by atoms with Crippen LogP contribution in [0.1, 0.15) is 47.1 Å². The summed E-state index contributed by atoms with van der Waals surface area (Å²) < 4.78 is 0. The van der Waals surface area contributed by atoms with E-state index in [0.717, 1.165) is 13.1 Å². The predicted molar refractivity (Wildman–Crippen MR) is 96.7 cm³/mol. The Morgan fingerprint density at radius 2 is 1.67 bits per heavy atom. The molecule has 122 valence electrons. The maximum atomic E-state index is 4.06. The third-order valence-corrected chi connectivity index (χ3v) is 5.02. The van der Waals surface area contributed by atoms with Crippen molar-refractivity contribution in [2.24, 2.45) is 0 Å². The molecule has 0 spiro atoms. The van der Waals surface area contributed by atoms with Crippen molar-refractivity contribution in [3.63, 3.8) is 0 Å². The van der Waals surface area contributed by atoms with E-state index in [0.29, 0.717) is 11.8 Å². The van der Waals surface area contributed by atoms with Crippen molar-refractivity contribution in [2.45, 2.75) is 37.8 Å². The van der Waals surface area contributed by atoms with Gasteiger partial charge in [0.15, 0.2) is 0 Å². The third-order valence-electron chi connectivity index (χ3n) is 5.02. The van der Waals surface area contributed by atoms with Gasteiger partial charge in [0.2, 0.25) is 0 Å². The van der Waals surface area contributed by atoms with Gasteiger partial charge in [-0.3, -0.25) is 5.10 Å². The highest BCUT2D eigenvalue weighted by molar-refractivity contribution is 5.30. The van der Waals surface area contributed by atoms with Crippen LogP contribution in [0, 0.1) is 0 Å². The molecule has 3 nitrogen and oxygen atoms in total. The predicted octanol–water partition coefficient (Wildman–Crippen LogP) is 4.36. The van der Waals surface area contributed by atoms with E-state index in [1.54, 1.807) is 0 Å². The van der Waals surface area contributed by atoms with Gasteiger partial charge in [0.1, 0.15) is 0 Å². The molecule has 2 aromatic carbocycles. The minimum atomic E-state index is 0.650. The zero-order chi connectivity index (χ0) is 16.2. The van der Waals surface area contributed by atoms with Crippen molar-refractivity contribution >= 4 is 0 Å². The highest BCUT2D eigenvalue weighted by Crippen LogP contribution is 2.46. The van der Waals surface area contributed by atoms with Crippen molar-refractivity contribution in [1.82, 2.24) is 15.5 Å². The second-order valence-electron chi connectivity index (χ2n) is 6.71. The number of nitrogens with zero attached hydrogens (tertiary/aromatic N) is 1. The number of aromatic nitrogens is 2. The lowest BCUT2D eigenvalue weighted by Crippen LogP contribution is -2.21. The van der Waals surface area contributed by atoms with Crippen molar-refractivity contribution in [3.8, 4) is 0 Å². The van der Waals surface area contributed by atoms with Crippen LogP contribution in [0.2, 0.25) is 0 Å². The van der Waals surface area contributed by atoms with Crippen LogP contribution in [0.4, 0.5) is 0 Å². The Balaban J connectivity index is 1.31. The number of H-pyrrole nitrogens is 1. The van der Waals surface area contributed by atoms with Gasteiger partial charge in [0.05, 0.1) is 0 Å². The van der Waals surface area contributed by atoms with Crippen molar-refractivity contribution in [2.75, 3.05) is 0 Å². The molecule has 0 atom stereocenters. The Labute approximate surface area is 143 Å². The van der Waals surface area contributed by atoms with E-state index in [1.807, 2.05) is 6.20 Å². The SMILES string of the molecule is c1ccc(CNCc2cccc(C3CC(c4ccn[nH]4)C3)c2)cc1. The number of hydrogen-bond acceptors (Lipinski definition) is 2. The fourth-order valence-electron chi connectivity index (χ4n) is 3.54. The Morgan fingerprint density at radius 3 is 2.46 bits per heavy atom. The summed E-state index contributed by atoms with van der Waals surface area (Å²) in [6.45, 7) is 1.83. The highest BCUT2D eigenvalue weighted by Gasteiger charge is 2.32. The lowest BCUT2D eigenvalue weighted by Gasteiger charge is -2.35. The molecule has 1 aliphatic rings. The molecule has 0 saturated heterocycles. The van der Waals surface area contributed by atoms with Gasteiger partial charge >= 0.3 is 0 Å². The van der Waals surface area contributed by atoms with Gasteiger partial charge < -0.3 is 5.32 Å². The standard InChI is InChI=1S/C21H23N3/c1-2-5-16(6-3-1)14-22-15-17-7-4-8-18(11-17)19-12-20(13-19)21-9-10-23-24-21/h1-11,19-20,22H,12-15H2,(H,23,24). The van der Waals surface area contributed by atoms with Gasteiger partial charge in [-0.15, -0.1) is 0 Å². The molecule has 4 rings (SSSR count). The Morgan fingerprint density at radius 1 is 0.875 bits per heavy atom. The zero-order valence-corrected chi connectivity index (χ0v) is 13.8. The van der Waals surface area contributed by atoms with Gasteiger partial charge in [-0.05, 0) is 41.5 Å². The van der Waals surface area contributed by atoms with E-state index in [9.17, 15) is 0 Å². The van der Waals surface area contributed by atoms with Crippen LogP contribution in [0.5, 0.6) is 0 Å². The van der Waals surface area contributed by atoms with Gasteiger partial charge in [-0.2, -0.15) is 5.10 Å². The summed E-state index contributed by atoms with van der Waals surface area (Å²) in [6, 6.07) is 21.7. The normalized spacial score (nSPS) is 19.8. The lowest BCUT2D eigenvalue weighted by atomic mass is 9.70. The van der Waals surface area contributed by atoms with Gasteiger partial charge in [-0.25, -0.2) is 0 Å². The van der Waals surface area contributed by atoms with Crippen LogP contribution in [0.3, 0.4) is 0 Å². The molecule has 0 radical (unpaired) electrons. The lowest BCUT2D eigenvalue weighted by molar-refractivity contribution is 0.344. The van der Waals surface area contributed by atoms with E-state index in [2.05, 4.69) is 76.2 Å². The number of nitrogens with one attached hydrogen (secondary N) is 2. The molecule has 3 heteroatoms. The third kappa shape index (κ3) is 3.41. The number of rotatable bonds is 6. The van der Waals surface area contributed by atoms with E-state index < -0.39 is 0 Å². The van der Waals surface area contributed by atoms with E-state index in [1.165, 1.54) is 35.2 Å². The second-order valence-corrected chi connectivity index (χ2v) is 6.71. The molecule has 2 N–H and O–H groups in total. The van der Waals surface area contributed by atoms with Gasteiger partial charge in [0, 0.05) is 30.9 Å². The topological polar surface area (TPSA) is 40.7 Å². The van der Waals surface area contributed by atoms with E-state index in [4.69, 9.17) is 0 Å². The van der Waals surface area contributed by atoms with E-state index >= 15 is 0 Å². The molecule has 0 bridgehead atoms. The summed E-state index contributed by atoms with van der Waals surface area (Å²) in [5.41, 5.74) is 5.46. The average Bonchev–Trinajstić information content (AvgIpc) is 3.09. The Hall–Kier alpha value is -2.39. The number of hydrogen-bond donors (Lipinski definition) is 2. The molecule has 3 aromatic rings. The van der Waals surface area contributed by atoms with Crippen LogP contribution in [0.25, 0.3) is 0 Å². The molecule has 0 amide bonds. The monoisotopic (exact) mass is 317 g/mol. The molecule has 1 heterocycles. The summed E-state index contributed by atoms with van der Waals surface area (Å²) in [7, 11) is 0. The number of benzene rings is 2. The van der Waals surface area contributed by atoms with E-state index in [-0.39, 0.29) is 0 Å². The maximum absolute atomic E-state index is 4.06. The molecule has 1 aromatic heterocycles. The van der Waals surface area contributed by atoms with Crippen LogP contribution in [0.15, 0.2) is 66.9 Å². The summed E-state index contributed by atoms with van der Waals surface area (Å²) >= 11 is 0. The van der Waals surface area contributed by atoms with Gasteiger partial charge in [0.25, 0.3) is 0 Å². The molecule has 1 aliphatic carbocycles. The van der Waals surface area contributed by atoms with Crippen LogP contribution < -0.4 is 5.32 Å². The molecule has 0 aliphatic heterocycles. The van der Waals surface area contributed by atoms with Crippen LogP contribution in [-0.4, -0.2) is 10.2 Å². The first-order chi connectivity index (χ1) is 11.9. The fraction of sp³-hybridized carbons (Fsp3) is 0.286. The summed E-state index contributed by atoms with van der Waals surface area (Å²) in [6.07, 6.45) is 4.30. The molecular weight excluding hydrogens is 294 g/mol. The quantitative estimate of drug-likeness (QED) is 0.709. The van der Waals surface area contributed by atoms with Crippen molar-refractivity contribution in [1.29, 1.82) is 0 Å². The first-order valence-corrected chi connectivity index (χ1v) is 8.71. The van der Waals surface area contributed by atoms with Crippen molar-refractivity contribution in [3.05, 3.63) is 89.2 Å². The average molecular weight is 317 g/mol. The van der Waals surface area contributed by atoms with Crippen LogP contribution in [-0.2, 0) is 13.1 Å². The largest absolute Gasteiger partial charge is 0.309 e. The minimum Gasteiger partial charge on any atom is -0.309 e. The molecular formula is C21H23N3. The zero-order valence-electron chi connectivity index (χ0n) is 13.8. The molecule has 1 saturated carbocycles. The maximum Gasteiger partial charge on any atom is 0.0490 e. The van der Waals surface area contributed by atoms with Crippen molar-refractivity contribution < 1.29 is 0 Å². The first-order valence-electron chi connectivity index (χ1n) is 8.71. The molecule has 1 fully saturated rings. The fourth-order valence-corrected chi connectivity index (χ4v) is 3.54. The number of aromatic amines is 1. The minimum absolute atomic E-state index is 0.650. The van der Waals surface area contributed by atoms with Crippen LogP contribution >= 0.6 is 0 Å². The summed E-state index contributed by atoms with van der Waals surface area (Å²) in [5.74, 6) is 1.34. The first kappa shape index (κ1) is 15.2.